The molecule has 2 aromatic heterocycles. The number of carbonyl (C=O) groups is 1. The second-order valence-corrected chi connectivity index (χ2v) is 7.92. The van der Waals surface area contributed by atoms with Gasteiger partial charge in [0.15, 0.2) is 0 Å². The van der Waals surface area contributed by atoms with E-state index in [1.165, 1.54) is 16.6 Å². The third-order valence-corrected chi connectivity index (χ3v) is 5.43. The number of anilines is 1. The lowest BCUT2D eigenvalue weighted by Gasteiger charge is -2.12. The maximum absolute atomic E-state index is 12.0. The Kier molecular flexibility index (Phi) is 6.30. The fraction of sp³-hybridized carbons (Fsp3) is 0.278. The van der Waals surface area contributed by atoms with E-state index in [2.05, 4.69) is 26.6 Å². The SMILES string of the molecule is CN(C)c1ccc(CNC(=O)CSc2n[nH]c(Cc3cccs3)n2)cc1. The van der Waals surface area contributed by atoms with E-state index in [1.807, 2.05) is 54.7 Å². The van der Waals surface area contributed by atoms with E-state index in [-0.39, 0.29) is 5.91 Å². The van der Waals surface area contributed by atoms with E-state index < -0.39 is 0 Å². The van der Waals surface area contributed by atoms with Crippen LogP contribution in [0.15, 0.2) is 46.9 Å². The minimum atomic E-state index is -0.0312. The Morgan fingerprint density at radius 1 is 1.27 bits per heavy atom. The Balaban J connectivity index is 1.42. The molecule has 0 spiro atoms. The Hall–Kier alpha value is -2.32. The zero-order chi connectivity index (χ0) is 18.4. The van der Waals surface area contributed by atoms with E-state index in [0.29, 0.717) is 17.5 Å². The molecule has 6 nitrogen and oxygen atoms in total. The van der Waals surface area contributed by atoms with Gasteiger partial charge in [0.1, 0.15) is 5.82 Å². The molecule has 0 unspecified atom stereocenters. The molecule has 0 aliphatic rings. The Bertz CT molecular complexity index is 828. The van der Waals surface area contributed by atoms with Gasteiger partial charge in [-0.15, -0.1) is 16.4 Å². The number of aromatic amines is 1. The minimum absolute atomic E-state index is 0.0312. The van der Waals surface area contributed by atoms with Crippen LogP contribution in [-0.4, -0.2) is 40.9 Å². The van der Waals surface area contributed by atoms with Gasteiger partial charge < -0.3 is 10.2 Å². The summed E-state index contributed by atoms with van der Waals surface area (Å²) in [5, 5.41) is 12.7. The van der Waals surface area contributed by atoms with Crippen LogP contribution in [-0.2, 0) is 17.8 Å². The second-order valence-electron chi connectivity index (χ2n) is 5.95. The third-order valence-electron chi connectivity index (χ3n) is 3.71. The molecule has 0 aliphatic heterocycles. The smallest absolute Gasteiger partial charge is 0.230 e. The predicted molar refractivity (Wildman–Crippen MR) is 107 cm³/mol. The van der Waals surface area contributed by atoms with Gasteiger partial charge in [0.25, 0.3) is 0 Å². The number of thiophene rings is 1. The van der Waals surface area contributed by atoms with E-state index >= 15 is 0 Å². The first-order valence-electron chi connectivity index (χ1n) is 8.19. The van der Waals surface area contributed by atoms with Gasteiger partial charge in [0, 0.05) is 37.6 Å². The van der Waals surface area contributed by atoms with Crippen LogP contribution < -0.4 is 10.2 Å². The van der Waals surface area contributed by atoms with Crippen molar-refractivity contribution in [1.82, 2.24) is 20.5 Å². The summed E-state index contributed by atoms with van der Waals surface area (Å²) >= 11 is 3.03. The van der Waals surface area contributed by atoms with Crippen molar-refractivity contribution >= 4 is 34.7 Å². The van der Waals surface area contributed by atoms with E-state index in [1.54, 1.807) is 11.3 Å². The number of hydrogen-bond donors (Lipinski definition) is 2. The summed E-state index contributed by atoms with van der Waals surface area (Å²) < 4.78 is 0. The standard InChI is InChI=1S/C18H21N5OS2/c1-23(2)14-7-5-13(6-8-14)11-19-17(24)12-26-18-20-16(21-22-18)10-15-4-3-9-25-15/h3-9H,10-12H2,1-2H3,(H,19,24)(H,20,21,22). The van der Waals surface area contributed by atoms with Crippen molar-refractivity contribution < 1.29 is 4.79 Å². The maximum atomic E-state index is 12.0. The van der Waals surface area contributed by atoms with Crippen LogP contribution in [0.2, 0.25) is 0 Å². The number of benzene rings is 1. The largest absolute Gasteiger partial charge is 0.378 e. The lowest BCUT2D eigenvalue weighted by molar-refractivity contribution is -0.118. The second kappa shape index (κ2) is 8.86. The van der Waals surface area contributed by atoms with Crippen LogP contribution in [0.4, 0.5) is 5.69 Å². The van der Waals surface area contributed by atoms with Gasteiger partial charge in [-0.05, 0) is 29.1 Å². The van der Waals surface area contributed by atoms with Gasteiger partial charge in [-0.25, -0.2) is 4.98 Å². The molecule has 3 aromatic rings. The maximum Gasteiger partial charge on any atom is 0.230 e. The van der Waals surface area contributed by atoms with Crippen molar-refractivity contribution in [2.24, 2.45) is 0 Å². The van der Waals surface area contributed by atoms with Crippen LogP contribution in [0.5, 0.6) is 0 Å². The quantitative estimate of drug-likeness (QED) is 0.582. The molecule has 2 N–H and O–H groups in total. The minimum Gasteiger partial charge on any atom is -0.378 e. The van der Waals surface area contributed by atoms with Crippen LogP contribution >= 0.6 is 23.1 Å². The summed E-state index contributed by atoms with van der Waals surface area (Å²) in [6.45, 7) is 0.519. The number of thioether (sulfide) groups is 1. The zero-order valence-corrected chi connectivity index (χ0v) is 16.4. The number of nitrogens with one attached hydrogen (secondary N) is 2. The third kappa shape index (κ3) is 5.34. The highest BCUT2D eigenvalue weighted by atomic mass is 32.2. The van der Waals surface area contributed by atoms with E-state index in [0.717, 1.165) is 23.5 Å². The summed E-state index contributed by atoms with van der Waals surface area (Å²) in [6, 6.07) is 12.2. The van der Waals surface area contributed by atoms with Crippen LogP contribution in [0.3, 0.4) is 0 Å². The fourth-order valence-electron chi connectivity index (χ4n) is 2.29. The number of carbonyl (C=O) groups excluding carboxylic acids is 1. The summed E-state index contributed by atoms with van der Waals surface area (Å²) in [5.41, 5.74) is 2.21. The first-order valence-corrected chi connectivity index (χ1v) is 10.1. The molecule has 1 aromatic carbocycles. The molecule has 26 heavy (non-hydrogen) atoms. The summed E-state index contributed by atoms with van der Waals surface area (Å²) in [4.78, 5) is 19.7. The molecule has 2 heterocycles. The van der Waals surface area contributed by atoms with E-state index in [4.69, 9.17) is 0 Å². The number of amides is 1. The van der Waals surface area contributed by atoms with Gasteiger partial charge in [-0.1, -0.05) is 30.0 Å². The average Bonchev–Trinajstić information content (AvgIpc) is 3.31. The summed E-state index contributed by atoms with van der Waals surface area (Å²) in [5.74, 6) is 1.08. The molecule has 0 bridgehead atoms. The molecule has 0 atom stereocenters. The monoisotopic (exact) mass is 387 g/mol. The lowest BCUT2D eigenvalue weighted by atomic mass is 10.2. The molecule has 0 saturated carbocycles. The summed E-state index contributed by atoms with van der Waals surface area (Å²) in [7, 11) is 4.01. The highest BCUT2D eigenvalue weighted by Gasteiger charge is 2.08. The van der Waals surface area contributed by atoms with Crippen molar-refractivity contribution in [2.45, 2.75) is 18.1 Å². The average molecular weight is 388 g/mol. The molecule has 0 saturated heterocycles. The molecule has 8 heteroatoms. The Labute approximate surface area is 161 Å². The first-order chi connectivity index (χ1) is 12.6. The lowest BCUT2D eigenvalue weighted by Crippen LogP contribution is -2.24. The number of aromatic nitrogens is 3. The van der Waals surface area contributed by atoms with Crippen molar-refractivity contribution in [1.29, 1.82) is 0 Å². The molecule has 0 radical (unpaired) electrons. The highest BCUT2D eigenvalue weighted by Crippen LogP contribution is 2.16. The number of nitrogens with zero attached hydrogens (tertiary/aromatic N) is 3. The Morgan fingerprint density at radius 2 is 2.08 bits per heavy atom. The molecule has 0 fully saturated rings. The first kappa shape index (κ1) is 18.5. The van der Waals surface area contributed by atoms with Crippen LogP contribution in [0.1, 0.15) is 16.3 Å². The van der Waals surface area contributed by atoms with Gasteiger partial charge in [-0.2, -0.15) is 0 Å². The Morgan fingerprint density at radius 3 is 2.77 bits per heavy atom. The van der Waals surface area contributed by atoms with Gasteiger partial charge in [0.2, 0.25) is 11.1 Å². The van der Waals surface area contributed by atoms with Crippen molar-refractivity contribution in [2.75, 3.05) is 24.7 Å². The van der Waals surface area contributed by atoms with Gasteiger partial charge >= 0.3 is 0 Å². The van der Waals surface area contributed by atoms with Crippen LogP contribution in [0.25, 0.3) is 0 Å². The molecule has 3 rings (SSSR count). The number of rotatable bonds is 8. The molecule has 0 aliphatic carbocycles. The van der Waals surface area contributed by atoms with Gasteiger partial charge in [-0.3, -0.25) is 9.89 Å². The molecule has 136 valence electrons. The van der Waals surface area contributed by atoms with Crippen molar-refractivity contribution in [3.05, 3.63) is 58.0 Å². The molecular formula is C18H21N5OS2. The topological polar surface area (TPSA) is 73.9 Å². The molecular weight excluding hydrogens is 366 g/mol. The van der Waals surface area contributed by atoms with Crippen molar-refractivity contribution in [3.63, 3.8) is 0 Å². The van der Waals surface area contributed by atoms with E-state index in [9.17, 15) is 4.79 Å². The normalized spacial score (nSPS) is 10.7. The van der Waals surface area contributed by atoms with Gasteiger partial charge in [0.05, 0.1) is 5.75 Å². The zero-order valence-electron chi connectivity index (χ0n) is 14.7. The van der Waals surface area contributed by atoms with Crippen LogP contribution in [0, 0.1) is 0 Å². The number of H-pyrrole nitrogens is 1. The predicted octanol–water partition coefficient (Wildman–Crippen LogP) is 2.93. The summed E-state index contributed by atoms with van der Waals surface area (Å²) in [6.07, 6.45) is 0.736. The fourth-order valence-corrected chi connectivity index (χ4v) is 3.65. The number of hydrogen-bond acceptors (Lipinski definition) is 6. The highest BCUT2D eigenvalue weighted by molar-refractivity contribution is 7.99. The molecule has 1 amide bonds. The van der Waals surface area contributed by atoms with Crippen molar-refractivity contribution in [3.8, 4) is 0 Å².